The summed E-state index contributed by atoms with van der Waals surface area (Å²) >= 11 is 3.50. The molecular weight excluding hydrogens is 294 g/mol. The Morgan fingerprint density at radius 2 is 2.17 bits per heavy atom. The molecule has 0 amide bonds. The van der Waals surface area contributed by atoms with E-state index < -0.39 is 0 Å². The number of hydrogen-bond acceptors (Lipinski definition) is 4. The van der Waals surface area contributed by atoms with Crippen LogP contribution in [-0.4, -0.2) is 14.8 Å². The molecule has 1 unspecified atom stereocenters. The Morgan fingerprint density at radius 3 is 2.72 bits per heavy atom. The van der Waals surface area contributed by atoms with Gasteiger partial charge in [0.05, 0.1) is 22.4 Å². The molecule has 0 aliphatic carbocycles. The third kappa shape index (κ3) is 2.95. The molecule has 0 saturated heterocycles. The first-order valence-electron chi connectivity index (χ1n) is 5.74. The summed E-state index contributed by atoms with van der Waals surface area (Å²) < 4.78 is 2.81. The fraction of sp³-hybridized carbons (Fsp3) is 0.333. The van der Waals surface area contributed by atoms with Gasteiger partial charge in [0.2, 0.25) is 0 Å². The first kappa shape index (κ1) is 13.2. The molecule has 3 N–H and O–H groups in total. The highest BCUT2D eigenvalue weighted by atomic mass is 79.9. The molecule has 0 bridgehead atoms. The second-order valence-electron chi connectivity index (χ2n) is 4.11. The summed E-state index contributed by atoms with van der Waals surface area (Å²) in [5.41, 5.74) is 5.16. The number of nitrogens with zero attached hydrogens (tertiary/aromatic N) is 3. The number of rotatable bonds is 5. The van der Waals surface area contributed by atoms with Gasteiger partial charge < -0.3 is 0 Å². The van der Waals surface area contributed by atoms with Crippen LogP contribution in [0.1, 0.15) is 23.7 Å². The van der Waals surface area contributed by atoms with Crippen LogP contribution in [0.3, 0.4) is 0 Å². The lowest BCUT2D eigenvalue weighted by Crippen LogP contribution is -2.30. The van der Waals surface area contributed by atoms with Gasteiger partial charge in [0.15, 0.2) is 0 Å². The Kier molecular flexibility index (Phi) is 4.46. The van der Waals surface area contributed by atoms with Crippen molar-refractivity contribution in [1.29, 1.82) is 0 Å². The predicted molar refractivity (Wildman–Crippen MR) is 73.5 cm³/mol. The highest BCUT2D eigenvalue weighted by molar-refractivity contribution is 9.10. The zero-order valence-corrected chi connectivity index (χ0v) is 11.8. The molecule has 18 heavy (non-hydrogen) atoms. The molecule has 0 radical (unpaired) electrons. The van der Waals surface area contributed by atoms with Crippen LogP contribution in [0.25, 0.3) is 0 Å². The molecule has 0 saturated carbocycles. The van der Waals surface area contributed by atoms with Crippen molar-refractivity contribution in [2.24, 2.45) is 12.9 Å². The molecule has 96 valence electrons. The fourth-order valence-corrected chi connectivity index (χ4v) is 2.60. The van der Waals surface area contributed by atoms with E-state index in [0.29, 0.717) is 0 Å². The number of halogens is 1. The summed E-state index contributed by atoms with van der Waals surface area (Å²) in [6.45, 7) is 0. The SMILES string of the molecule is Cn1ncc(Br)c1C(CCc1ccncc1)NN. The normalized spacial score (nSPS) is 12.6. The first-order chi connectivity index (χ1) is 8.72. The summed E-state index contributed by atoms with van der Waals surface area (Å²) in [5.74, 6) is 5.64. The molecule has 0 spiro atoms. The molecule has 5 nitrogen and oxygen atoms in total. The van der Waals surface area contributed by atoms with Gasteiger partial charge in [0, 0.05) is 19.4 Å². The lowest BCUT2D eigenvalue weighted by molar-refractivity contribution is 0.479. The predicted octanol–water partition coefficient (Wildman–Crippen LogP) is 1.71. The molecule has 2 rings (SSSR count). The number of nitrogens with two attached hydrogens (primary N) is 1. The maximum absolute atomic E-state index is 5.64. The Bertz CT molecular complexity index is 477. The summed E-state index contributed by atoms with van der Waals surface area (Å²) in [6.07, 6.45) is 7.24. The Balaban J connectivity index is 2.07. The van der Waals surface area contributed by atoms with E-state index in [1.54, 1.807) is 18.6 Å². The fourth-order valence-electron chi connectivity index (χ4n) is 1.97. The standard InChI is InChI=1S/C12H16BrN5/c1-18-12(10(13)8-16-18)11(17-14)3-2-9-4-6-15-7-5-9/h4-8,11,17H,2-3,14H2,1H3. The van der Waals surface area contributed by atoms with Crippen LogP contribution in [0.2, 0.25) is 0 Å². The summed E-state index contributed by atoms with van der Waals surface area (Å²) in [4.78, 5) is 4.01. The highest BCUT2D eigenvalue weighted by Crippen LogP contribution is 2.25. The summed E-state index contributed by atoms with van der Waals surface area (Å²) in [7, 11) is 1.91. The van der Waals surface area contributed by atoms with Crippen molar-refractivity contribution in [1.82, 2.24) is 20.2 Å². The van der Waals surface area contributed by atoms with E-state index in [-0.39, 0.29) is 6.04 Å². The molecular formula is C12H16BrN5. The Hall–Kier alpha value is -1.24. The van der Waals surface area contributed by atoms with Crippen molar-refractivity contribution in [2.75, 3.05) is 0 Å². The van der Waals surface area contributed by atoms with Crippen LogP contribution in [0.4, 0.5) is 0 Å². The van der Waals surface area contributed by atoms with E-state index in [0.717, 1.165) is 23.0 Å². The molecule has 2 aromatic heterocycles. The maximum atomic E-state index is 5.64. The lowest BCUT2D eigenvalue weighted by atomic mass is 10.0. The Labute approximate surface area is 115 Å². The van der Waals surface area contributed by atoms with E-state index in [4.69, 9.17) is 5.84 Å². The van der Waals surface area contributed by atoms with Gasteiger partial charge in [-0.05, 0) is 46.5 Å². The number of aryl methyl sites for hydroxylation is 2. The third-order valence-electron chi connectivity index (χ3n) is 2.94. The quantitative estimate of drug-likeness (QED) is 0.652. The van der Waals surface area contributed by atoms with E-state index in [1.807, 2.05) is 23.9 Å². The second kappa shape index (κ2) is 6.08. The first-order valence-corrected chi connectivity index (χ1v) is 6.54. The van der Waals surface area contributed by atoms with Crippen molar-refractivity contribution in [3.05, 3.63) is 46.5 Å². The molecule has 6 heteroatoms. The number of aromatic nitrogens is 3. The van der Waals surface area contributed by atoms with Crippen LogP contribution in [0.5, 0.6) is 0 Å². The van der Waals surface area contributed by atoms with E-state index in [2.05, 4.69) is 31.4 Å². The van der Waals surface area contributed by atoms with Gasteiger partial charge in [-0.3, -0.25) is 20.9 Å². The van der Waals surface area contributed by atoms with Crippen LogP contribution in [0.15, 0.2) is 35.2 Å². The van der Waals surface area contributed by atoms with Crippen LogP contribution in [-0.2, 0) is 13.5 Å². The van der Waals surface area contributed by atoms with Crippen LogP contribution in [0, 0.1) is 0 Å². The smallest absolute Gasteiger partial charge is 0.0705 e. The van der Waals surface area contributed by atoms with Gasteiger partial charge in [-0.2, -0.15) is 5.10 Å². The zero-order valence-electron chi connectivity index (χ0n) is 10.2. The van der Waals surface area contributed by atoms with E-state index >= 15 is 0 Å². The minimum absolute atomic E-state index is 0.0695. The molecule has 2 heterocycles. The molecule has 0 aromatic carbocycles. The van der Waals surface area contributed by atoms with Gasteiger partial charge in [-0.15, -0.1) is 0 Å². The van der Waals surface area contributed by atoms with Crippen molar-refractivity contribution in [2.45, 2.75) is 18.9 Å². The van der Waals surface area contributed by atoms with Gasteiger partial charge in [-0.25, -0.2) is 0 Å². The molecule has 0 fully saturated rings. The Morgan fingerprint density at radius 1 is 1.44 bits per heavy atom. The van der Waals surface area contributed by atoms with Crippen LogP contribution < -0.4 is 11.3 Å². The molecule has 2 aromatic rings. The van der Waals surface area contributed by atoms with Crippen molar-refractivity contribution < 1.29 is 0 Å². The number of hydrogen-bond donors (Lipinski definition) is 2. The number of nitrogens with one attached hydrogen (secondary N) is 1. The average molecular weight is 310 g/mol. The summed E-state index contributed by atoms with van der Waals surface area (Å²) in [5, 5.41) is 4.20. The lowest BCUT2D eigenvalue weighted by Gasteiger charge is -2.17. The molecule has 0 aliphatic rings. The van der Waals surface area contributed by atoms with Gasteiger partial charge in [0.1, 0.15) is 0 Å². The van der Waals surface area contributed by atoms with Gasteiger partial charge in [-0.1, -0.05) is 0 Å². The minimum atomic E-state index is 0.0695. The third-order valence-corrected chi connectivity index (χ3v) is 3.55. The monoisotopic (exact) mass is 309 g/mol. The number of pyridine rings is 1. The van der Waals surface area contributed by atoms with Gasteiger partial charge >= 0.3 is 0 Å². The number of hydrazine groups is 1. The zero-order chi connectivity index (χ0) is 13.0. The average Bonchev–Trinajstić information content (AvgIpc) is 2.73. The van der Waals surface area contributed by atoms with E-state index in [9.17, 15) is 0 Å². The topological polar surface area (TPSA) is 68.8 Å². The minimum Gasteiger partial charge on any atom is -0.271 e. The molecule has 0 aliphatic heterocycles. The maximum Gasteiger partial charge on any atom is 0.0705 e. The van der Waals surface area contributed by atoms with Crippen molar-refractivity contribution in [3.8, 4) is 0 Å². The van der Waals surface area contributed by atoms with Crippen molar-refractivity contribution in [3.63, 3.8) is 0 Å². The highest BCUT2D eigenvalue weighted by Gasteiger charge is 2.17. The largest absolute Gasteiger partial charge is 0.271 e. The van der Waals surface area contributed by atoms with Crippen LogP contribution >= 0.6 is 15.9 Å². The van der Waals surface area contributed by atoms with E-state index in [1.165, 1.54) is 5.56 Å². The van der Waals surface area contributed by atoms with Gasteiger partial charge in [0.25, 0.3) is 0 Å². The molecule has 1 atom stereocenters. The van der Waals surface area contributed by atoms with Crippen molar-refractivity contribution >= 4 is 15.9 Å². The second-order valence-corrected chi connectivity index (χ2v) is 4.97. The summed E-state index contributed by atoms with van der Waals surface area (Å²) in [6, 6.07) is 4.11.